The zero-order valence-corrected chi connectivity index (χ0v) is 12.4. The second-order valence-corrected chi connectivity index (χ2v) is 5.91. The van der Waals surface area contributed by atoms with Crippen LogP contribution in [0.25, 0.3) is 0 Å². The van der Waals surface area contributed by atoms with Crippen molar-refractivity contribution in [3.05, 3.63) is 11.9 Å². The minimum atomic E-state index is 0.0398. The molecule has 1 aromatic rings. The maximum absolute atomic E-state index is 6.56. The maximum atomic E-state index is 6.56. The lowest BCUT2D eigenvalue weighted by Gasteiger charge is -2.25. The number of aromatic nitrogens is 2. The Morgan fingerprint density at radius 1 is 1.26 bits per heavy atom. The van der Waals surface area contributed by atoms with Crippen molar-refractivity contribution in [2.75, 3.05) is 7.11 Å². The van der Waals surface area contributed by atoms with Gasteiger partial charge in [0, 0.05) is 6.04 Å². The normalized spacial score (nSPS) is 19.4. The van der Waals surface area contributed by atoms with Gasteiger partial charge in [0.15, 0.2) is 5.75 Å². The number of hydrogen-bond donors (Lipinski definition) is 1. The van der Waals surface area contributed by atoms with Crippen LogP contribution in [0.1, 0.15) is 70.2 Å². The maximum Gasteiger partial charge on any atom is 0.161 e. The number of ether oxygens (including phenoxy) is 1. The smallest absolute Gasteiger partial charge is 0.161 e. The first-order chi connectivity index (χ1) is 9.15. The molecule has 1 saturated carbocycles. The van der Waals surface area contributed by atoms with Crippen LogP contribution in [0.15, 0.2) is 6.20 Å². The summed E-state index contributed by atoms with van der Waals surface area (Å²) in [6.07, 6.45) is 9.56. The van der Waals surface area contributed by atoms with Crippen LogP contribution in [-0.2, 0) is 0 Å². The van der Waals surface area contributed by atoms with Gasteiger partial charge in [0.2, 0.25) is 0 Å². The molecule has 1 heterocycles. The molecule has 2 rings (SSSR count). The summed E-state index contributed by atoms with van der Waals surface area (Å²) in [5.41, 5.74) is 7.63. The molecule has 1 atom stereocenters. The molecule has 1 fully saturated rings. The van der Waals surface area contributed by atoms with Crippen LogP contribution < -0.4 is 10.5 Å². The van der Waals surface area contributed by atoms with Crippen molar-refractivity contribution in [1.82, 2.24) is 9.78 Å². The Morgan fingerprint density at radius 2 is 1.89 bits per heavy atom. The average molecular weight is 265 g/mol. The molecule has 0 amide bonds. The molecular formula is C15H27N3O. The molecule has 4 nitrogen and oxygen atoms in total. The van der Waals surface area contributed by atoms with E-state index < -0.39 is 0 Å². The van der Waals surface area contributed by atoms with Crippen molar-refractivity contribution in [1.29, 1.82) is 0 Å². The molecule has 1 aliphatic rings. The third-order valence-corrected chi connectivity index (χ3v) is 4.23. The zero-order valence-electron chi connectivity index (χ0n) is 12.4. The molecule has 0 radical (unpaired) electrons. The predicted molar refractivity (Wildman–Crippen MR) is 77.3 cm³/mol. The Labute approximate surface area is 116 Å². The number of nitrogens with zero attached hydrogens (tertiary/aromatic N) is 2. The lowest BCUT2D eigenvalue weighted by molar-refractivity contribution is 0.336. The van der Waals surface area contributed by atoms with Crippen LogP contribution in [0.2, 0.25) is 0 Å². The van der Waals surface area contributed by atoms with Crippen molar-refractivity contribution < 1.29 is 4.74 Å². The van der Waals surface area contributed by atoms with Gasteiger partial charge in [-0.25, -0.2) is 0 Å². The topological polar surface area (TPSA) is 53.1 Å². The standard InChI is InChI=1S/C15H27N3O/c1-11(2)18-15(13(19-3)10-17-18)14(16)12-8-6-4-5-7-9-12/h10-12,14H,4-9,16H2,1-3H3. The summed E-state index contributed by atoms with van der Waals surface area (Å²) in [5.74, 6) is 1.40. The molecule has 0 spiro atoms. The summed E-state index contributed by atoms with van der Waals surface area (Å²) in [4.78, 5) is 0. The molecule has 2 N–H and O–H groups in total. The fourth-order valence-electron chi connectivity index (χ4n) is 3.13. The van der Waals surface area contributed by atoms with E-state index in [2.05, 4.69) is 18.9 Å². The third-order valence-electron chi connectivity index (χ3n) is 4.23. The molecular weight excluding hydrogens is 238 g/mol. The Morgan fingerprint density at radius 3 is 2.42 bits per heavy atom. The van der Waals surface area contributed by atoms with Gasteiger partial charge >= 0.3 is 0 Å². The SMILES string of the molecule is COc1cnn(C(C)C)c1C(N)C1CCCCCC1. The van der Waals surface area contributed by atoms with Crippen LogP contribution in [0.5, 0.6) is 5.75 Å². The molecule has 1 unspecified atom stereocenters. The number of nitrogens with two attached hydrogens (primary N) is 1. The molecule has 0 saturated heterocycles. The second kappa shape index (κ2) is 6.42. The molecule has 0 aliphatic heterocycles. The number of methoxy groups -OCH3 is 1. The summed E-state index contributed by atoms with van der Waals surface area (Å²) >= 11 is 0. The minimum absolute atomic E-state index is 0.0398. The van der Waals surface area contributed by atoms with Gasteiger partial charge in [0.1, 0.15) is 0 Å². The van der Waals surface area contributed by atoms with E-state index in [0.717, 1.165) is 11.4 Å². The van der Waals surface area contributed by atoms with Crippen LogP contribution >= 0.6 is 0 Å². The van der Waals surface area contributed by atoms with Gasteiger partial charge in [-0.05, 0) is 32.6 Å². The minimum Gasteiger partial charge on any atom is -0.493 e. The van der Waals surface area contributed by atoms with Crippen molar-refractivity contribution in [2.24, 2.45) is 11.7 Å². The van der Waals surface area contributed by atoms with Gasteiger partial charge in [-0.2, -0.15) is 5.10 Å². The van der Waals surface area contributed by atoms with Gasteiger partial charge in [-0.1, -0.05) is 25.7 Å². The molecule has 1 aliphatic carbocycles. The fourth-order valence-corrected chi connectivity index (χ4v) is 3.13. The molecule has 4 heteroatoms. The lowest BCUT2D eigenvalue weighted by Crippen LogP contribution is -2.25. The van der Waals surface area contributed by atoms with Gasteiger partial charge in [-0.15, -0.1) is 0 Å². The highest BCUT2D eigenvalue weighted by molar-refractivity contribution is 5.29. The summed E-state index contributed by atoms with van der Waals surface area (Å²) in [7, 11) is 1.70. The van der Waals surface area contributed by atoms with Gasteiger partial charge < -0.3 is 10.5 Å². The lowest BCUT2D eigenvalue weighted by atomic mass is 9.90. The Hall–Kier alpha value is -1.03. The van der Waals surface area contributed by atoms with Gasteiger partial charge in [0.05, 0.1) is 25.0 Å². The monoisotopic (exact) mass is 265 g/mol. The Kier molecular flexibility index (Phi) is 4.86. The summed E-state index contributed by atoms with van der Waals surface area (Å²) in [6.45, 7) is 4.27. The van der Waals surface area contributed by atoms with Crippen LogP contribution in [0, 0.1) is 5.92 Å². The van der Waals surface area contributed by atoms with Gasteiger partial charge in [0.25, 0.3) is 0 Å². The van der Waals surface area contributed by atoms with E-state index in [1.807, 2.05) is 4.68 Å². The molecule has 19 heavy (non-hydrogen) atoms. The van der Waals surface area contributed by atoms with Crippen LogP contribution in [0.4, 0.5) is 0 Å². The van der Waals surface area contributed by atoms with Gasteiger partial charge in [-0.3, -0.25) is 4.68 Å². The number of hydrogen-bond acceptors (Lipinski definition) is 3. The first-order valence-electron chi connectivity index (χ1n) is 7.52. The highest BCUT2D eigenvalue weighted by Gasteiger charge is 2.27. The van der Waals surface area contributed by atoms with E-state index in [4.69, 9.17) is 10.5 Å². The Bertz CT molecular complexity index is 392. The number of rotatable bonds is 4. The molecule has 0 aromatic carbocycles. The van der Waals surface area contributed by atoms with E-state index in [-0.39, 0.29) is 6.04 Å². The zero-order chi connectivity index (χ0) is 13.8. The second-order valence-electron chi connectivity index (χ2n) is 5.91. The van der Waals surface area contributed by atoms with Crippen molar-refractivity contribution in [2.45, 2.75) is 64.5 Å². The molecule has 0 bridgehead atoms. The first-order valence-corrected chi connectivity index (χ1v) is 7.52. The van der Waals surface area contributed by atoms with E-state index >= 15 is 0 Å². The summed E-state index contributed by atoms with van der Waals surface area (Å²) < 4.78 is 7.48. The van der Waals surface area contributed by atoms with Crippen LogP contribution in [0.3, 0.4) is 0 Å². The van der Waals surface area contributed by atoms with E-state index in [9.17, 15) is 0 Å². The van der Waals surface area contributed by atoms with E-state index in [1.165, 1.54) is 38.5 Å². The highest BCUT2D eigenvalue weighted by atomic mass is 16.5. The molecule has 1 aromatic heterocycles. The van der Waals surface area contributed by atoms with Crippen molar-refractivity contribution in [3.8, 4) is 5.75 Å². The molecule has 108 valence electrons. The third kappa shape index (κ3) is 3.11. The quantitative estimate of drug-likeness (QED) is 0.848. The Balaban J connectivity index is 2.25. The largest absolute Gasteiger partial charge is 0.493 e. The van der Waals surface area contributed by atoms with E-state index in [1.54, 1.807) is 13.3 Å². The summed E-state index contributed by atoms with van der Waals surface area (Å²) in [5, 5.41) is 4.44. The summed E-state index contributed by atoms with van der Waals surface area (Å²) in [6, 6.07) is 0.355. The van der Waals surface area contributed by atoms with Crippen molar-refractivity contribution >= 4 is 0 Å². The predicted octanol–water partition coefficient (Wildman–Crippen LogP) is 3.44. The first kappa shape index (κ1) is 14.4. The highest BCUT2D eigenvalue weighted by Crippen LogP contribution is 2.36. The van der Waals surface area contributed by atoms with E-state index in [0.29, 0.717) is 12.0 Å². The average Bonchev–Trinajstić information content (AvgIpc) is 2.64. The van der Waals surface area contributed by atoms with Crippen molar-refractivity contribution in [3.63, 3.8) is 0 Å². The fraction of sp³-hybridized carbons (Fsp3) is 0.800. The van der Waals surface area contributed by atoms with Crippen LogP contribution in [-0.4, -0.2) is 16.9 Å².